The Morgan fingerprint density at radius 2 is 1.80 bits per heavy atom. The van der Waals surface area contributed by atoms with Gasteiger partial charge in [-0.25, -0.2) is 9.78 Å². The van der Waals surface area contributed by atoms with Crippen molar-refractivity contribution < 1.29 is 9.90 Å². The number of aromatic nitrogens is 2. The number of hydrogen-bond donors (Lipinski definition) is 1. The van der Waals surface area contributed by atoms with Gasteiger partial charge in [0.15, 0.2) is 0 Å². The van der Waals surface area contributed by atoms with Crippen molar-refractivity contribution in [1.29, 1.82) is 0 Å². The fourth-order valence-corrected chi connectivity index (χ4v) is 3.03. The molecular weight excluding hydrogens is 252 g/mol. The Balaban J connectivity index is 2.24. The summed E-state index contributed by atoms with van der Waals surface area (Å²) in [4.78, 5) is 20.3. The van der Waals surface area contributed by atoms with Gasteiger partial charge in [0.05, 0.1) is 16.9 Å². The highest BCUT2D eigenvalue weighted by Crippen LogP contribution is 2.32. The maximum Gasteiger partial charge on any atom is 0.354 e. The Morgan fingerprint density at radius 1 is 1.05 bits per heavy atom. The molecule has 0 saturated heterocycles. The second-order valence-electron chi connectivity index (χ2n) is 5.11. The summed E-state index contributed by atoms with van der Waals surface area (Å²) in [7, 11) is 0. The number of hydrogen-bond acceptors (Lipinski definition) is 3. The molecule has 4 nitrogen and oxygen atoms in total. The molecule has 2 aromatic heterocycles. The monoisotopic (exact) mass is 264 g/mol. The van der Waals surface area contributed by atoms with Crippen molar-refractivity contribution in [3.63, 3.8) is 0 Å². The molecule has 1 aromatic carbocycles. The smallest absolute Gasteiger partial charge is 0.354 e. The number of fused-ring (bicyclic) bond motifs is 2. The molecule has 0 radical (unpaired) electrons. The SMILES string of the molecule is O=C(O)c1cc2c3c(n1)CCCc3nc1ccccc12. The van der Waals surface area contributed by atoms with E-state index in [1.165, 1.54) is 0 Å². The first-order valence-corrected chi connectivity index (χ1v) is 6.68. The lowest BCUT2D eigenvalue weighted by atomic mass is 9.93. The van der Waals surface area contributed by atoms with Crippen molar-refractivity contribution >= 4 is 27.6 Å². The zero-order valence-corrected chi connectivity index (χ0v) is 10.8. The first-order valence-electron chi connectivity index (χ1n) is 6.68. The van der Waals surface area contributed by atoms with Crippen molar-refractivity contribution in [2.75, 3.05) is 0 Å². The highest BCUT2D eigenvalue weighted by atomic mass is 16.4. The summed E-state index contributed by atoms with van der Waals surface area (Å²) < 4.78 is 0. The molecule has 0 fully saturated rings. The van der Waals surface area contributed by atoms with Gasteiger partial charge in [-0.15, -0.1) is 0 Å². The van der Waals surface area contributed by atoms with Gasteiger partial charge in [-0.1, -0.05) is 18.2 Å². The lowest BCUT2D eigenvalue weighted by molar-refractivity contribution is 0.0690. The molecular formula is C16H12N2O2. The van der Waals surface area contributed by atoms with E-state index in [9.17, 15) is 9.90 Å². The topological polar surface area (TPSA) is 63.1 Å². The van der Waals surface area contributed by atoms with Gasteiger partial charge < -0.3 is 5.11 Å². The number of pyridine rings is 2. The summed E-state index contributed by atoms with van der Waals surface area (Å²) in [6, 6.07) is 9.55. The molecule has 0 atom stereocenters. The van der Waals surface area contributed by atoms with Crippen LogP contribution >= 0.6 is 0 Å². The van der Waals surface area contributed by atoms with Crippen LogP contribution in [0, 0.1) is 0 Å². The van der Waals surface area contributed by atoms with E-state index < -0.39 is 5.97 Å². The zero-order chi connectivity index (χ0) is 13.7. The van der Waals surface area contributed by atoms with E-state index in [4.69, 9.17) is 4.98 Å². The Morgan fingerprint density at radius 3 is 2.60 bits per heavy atom. The van der Waals surface area contributed by atoms with Crippen LogP contribution in [0.4, 0.5) is 0 Å². The number of carbonyl (C=O) groups is 1. The summed E-state index contributed by atoms with van der Waals surface area (Å²) in [5, 5.41) is 12.3. The average Bonchev–Trinajstić information content (AvgIpc) is 2.47. The molecule has 0 aliphatic heterocycles. The Kier molecular flexibility index (Phi) is 2.27. The number of aryl methyl sites for hydroxylation is 2. The van der Waals surface area contributed by atoms with E-state index in [0.717, 1.165) is 52.3 Å². The van der Waals surface area contributed by atoms with Gasteiger partial charge in [0.2, 0.25) is 0 Å². The van der Waals surface area contributed by atoms with Gasteiger partial charge in [0, 0.05) is 10.8 Å². The van der Waals surface area contributed by atoms with Crippen LogP contribution in [0.25, 0.3) is 21.7 Å². The van der Waals surface area contributed by atoms with Crippen molar-refractivity contribution in [2.24, 2.45) is 0 Å². The molecule has 98 valence electrons. The van der Waals surface area contributed by atoms with Gasteiger partial charge in [-0.2, -0.15) is 0 Å². The van der Waals surface area contributed by atoms with E-state index in [0.29, 0.717) is 0 Å². The lowest BCUT2D eigenvalue weighted by Crippen LogP contribution is -2.10. The molecule has 1 aliphatic rings. The molecule has 4 heteroatoms. The number of carboxylic acid groups (broad SMARTS) is 1. The highest BCUT2D eigenvalue weighted by Gasteiger charge is 2.20. The number of para-hydroxylation sites is 1. The standard InChI is InChI=1S/C16H12N2O2/c19-16(20)14-8-10-9-4-1-2-5-11(9)17-12-6-3-7-13(18-14)15(10)12/h1-2,4-5,8H,3,6-7H2,(H,19,20). The Hall–Kier alpha value is -2.49. The van der Waals surface area contributed by atoms with Crippen LogP contribution in [0.3, 0.4) is 0 Å². The van der Waals surface area contributed by atoms with E-state index in [2.05, 4.69) is 4.98 Å². The third-order valence-corrected chi connectivity index (χ3v) is 3.88. The first-order chi connectivity index (χ1) is 9.74. The van der Waals surface area contributed by atoms with E-state index in [1.54, 1.807) is 6.07 Å². The highest BCUT2D eigenvalue weighted by molar-refractivity contribution is 6.09. The van der Waals surface area contributed by atoms with Gasteiger partial charge in [-0.3, -0.25) is 4.98 Å². The molecule has 3 aromatic rings. The normalized spacial score (nSPS) is 13.8. The molecule has 4 rings (SSSR count). The molecule has 0 bridgehead atoms. The molecule has 0 saturated carbocycles. The van der Waals surface area contributed by atoms with Gasteiger partial charge in [0.1, 0.15) is 5.69 Å². The van der Waals surface area contributed by atoms with E-state index >= 15 is 0 Å². The third-order valence-electron chi connectivity index (χ3n) is 3.88. The van der Waals surface area contributed by atoms with Crippen LogP contribution in [0.1, 0.15) is 28.3 Å². The number of rotatable bonds is 1. The second kappa shape index (κ2) is 4.00. The molecule has 20 heavy (non-hydrogen) atoms. The summed E-state index contributed by atoms with van der Waals surface area (Å²) in [5.41, 5.74) is 2.96. The summed E-state index contributed by atoms with van der Waals surface area (Å²) in [6.07, 6.45) is 2.73. The largest absolute Gasteiger partial charge is 0.477 e. The molecule has 2 heterocycles. The summed E-state index contributed by atoms with van der Waals surface area (Å²) in [5.74, 6) is -0.976. The average molecular weight is 264 g/mol. The van der Waals surface area contributed by atoms with Crippen molar-refractivity contribution in [3.8, 4) is 0 Å². The number of carboxylic acids is 1. The number of aromatic carboxylic acids is 1. The second-order valence-corrected chi connectivity index (χ2v) is 5.11. The van der Waals surface area contributed by atoms with Crippen LogP contribution in [0.5, 0.6) is 0 Å². The predicted octanol–water partition coefficient (Wildman–Crippen LogP) is 2.97. The summed E-state index contributed by atoms with van der Waals surface area (Å²) >= 11 is 0. The van der Waals surface area contributed by atoms with E-state index in [-0.39, 0.29) is 5.69 Å². The fraction of sp³-hybridized carbons (Fsp3) is 0.188. The maximum atomic E-state index is 11.3. The van der Waals surface area contributed by atoms with Gasteiger partial charge in [-0.05, 0) is 36.8 Å². The molecule has 0 unspecified atom stereocenters. The van der Waals surface area contributed by atoms with Crippen molar-refractivity contribution in [2.45, 2.75) is 19.3 Å². The van der Waals surface area contributed by atoms with Crippen LogP contribution in [0.2, 0.25) is 0 Å². The number of benzene rings is 1. The molecule has 0 amide bonds. The fourth-order valence-electron chi connectivity index (χ4n) is 3.03. The van der Waals surface area contributed by atoms with Crippen molar-refractivity contribution in [1.82, 2.24) is 9.97 Å². The minimum absolute atomic E-state index is 0.122. The molecule has 1 aliphatic carbocycles. The maximum absolute atomic E-state index is 11.3. The van der Waals surface area contributed by atoms with Crippen LogP contribution < -0.4 is 0 Å². The Labute approximate surface area is 115 Å². The van der Waals surface area contributed by atoms with Crippen LogP contribution in [-0.4, -0.2) is 21.0 Å². The predicted molar refractivity (Wildman–Crippen MR) is 76.0 cm³/mol. The summed E-state index contributed by atoms with van der Waals surface area (Å²) in [6.45, 7) is 0. The van der Waals surface area contributed by atoms with E-state index in [1.807, 2.05) is 24.3 Å². The van der Waals surface area contributed by atoms with Gasteiger partial charge >= 0.3 is 5.97 Å². The molecule has 1 N–H and O–H groups in total. The van der Waals surface area contributed by atoms with Crippen molar-refractivity contribution in [3.05, 3.63) is 47.4 Å². The van der Waals surface area contributed by atoms with Crippen LogP contribution in [-0.2, 0) is 12.8 Å². The minimum atomic E-state index is -0.976. The first kappa shape index (κ1) is 11.3. The van der Waals surface area contributed by atoms with Crippen LogP contribution in [0.15, 0.2) is 30.3 Å². The lowest BCUT2D eigenvalue weighted by Gasteiger charge is -2.17. The third kappa shape index (κ3) is 1.51. The number of nitrogens with zero attached hydrogens (tertiary/aromatic N) is 2. The van der Waals surface area contributed by atoms with Gasteiger partial charge in [0.25, 0.3) is 0 Å². The molecule has 0 spiro atoms. The minimum Gasteiger partial charge on any atom is -0.477 e. The Bertz CT molecular complexity index is 871. The quantitative estimate of drug-likeness (QED) is 0.686. The zero-order valence-electron chi connectivity index (χ0n) is 10.8.